The van der Waals surface area contributed by atoms with Crippen molar-refractivity contribution < 1.29 is 18.1 Å². The van der Waals surface area contributed by atoms with E-state index in [1.165, 1.54) is 23.5 Å². The highest BCUT2D eigenvalue weighted by Crippen LogP contribution is 2.31. The SMILES string of the molecule is O=C(c1cnc[nH]c1=O)N1CCc2onc(-c3ccc(F)c(F)c3)c2C1. The molecule has 1 aliphatic rings. The number of amides is 1. The van der Waals surface area contributed by atoms with Crippen LogP contribution in [0.15, 0.2) is 40.0 Å². The summed E-state index contributed by atoms with van der Waals surface area (Å²) in [6.07, 6.45) is 2.81. The first-order chi connectivity index (χ1) is 12.5. The van der Waals surface area contributed by atoms with E-state index >= 15 is 0 Å². The Balaban J connectivity index is 1.67. The van der Waals surface area contributed by atoms with Crippen LogP contribution in [0.2, 0.25) is 0 Å². The molecule has 2 aromatic heterocycles. The molecule has 1 aliphatic heterocycles. The average molecular weight is 358 g/mol. The van der Waals surface area contributed by atoms with Crippen molar-refractivity contribution in [2.45, 2.75) is 13.0 Å². The van der Waals surface area contributed by atoms with Crippen LogP contribution >= 0.6 is 0 Å². The van der Waals surface area contributed by atoms with Crippen molar-refractivity contribution in [2.75, 3.05) is 6.54 Å². The molecule has 0 aliphatic carbocycles. The lowest BCUT2D eigenvalue weighted by Crippen LogP contribution is -2.38. The first-order valence-corrected chi connectivity index (χ1v) is 7.79. The zero-order chi connectivity index (χ0) is 18.3. The summed E-state index contributed by atoms with van der Waals surface area (Å²) in [5.41, 5.74) is 0.707. The van der Waals surface area contributed by atoms with Crippen LogP contribution in [0.3, 0.4) is 0 Å². The molecule has 0 atom stereocenters. The van der Waals surface area contributed by atoms with Crippen LogP contribution in [0.1, 0.15) is 21.7 Å². The minimum absolute atomic E-state index is 0.0678. The lowest BCUT2D eigenvalue weighted by atomic mass is 10.0. The molecule has 0 bridgehead atoms. The molecule has 0 unspecified atom stereocenters. The normalized spacial score (nSPS) is 13.5. The Morgan fingerprint density at radius 1 is 1.27 bits per heavy atom. The fourth-order valence-corrected chi connectivity index (χ4v) is 2.92. The van der Waals surface area contributed by atoms with Gasteiger partial charge in [0.1, 0.15) is 17.0 Å². The van der Waals surface area contributed by atoms with Crippen LogP contribution in [0.4, 0.5) is 8.78 Å². The van der Waals surface area contributed by atoms with Gasteiger partial charge in [-0.25, -0.2) is 13.8 Å². The van der Waals surface area contributed by atoms with E-state index in [-0.39, 0.29) is 12.1 Å². The number of carbonyl (C=O) groups excluding carboxylic acids is 1. The summed E-state index contributed by atoms with van der Waals surface area (Å²) in [4.78, 5) is 32.0. The molecule has 3 heterocycles. The topological polar surface area (TPSA) is 92.1 Å². The van der Waals surface area contributed by atoms with E-state index in [9.17, 15) is 18.4 Å². The van der Waals surface area contributed by atoms with Crippen LogP contribution in [0.25, 0.3) is 11.3 Å². The van der Waals surface area contributed by atoms with Crippen LogP contribution in [-0.2, 0) is 13.0 Å². The molecular formula is C17H12F2N4O3. The summed E-state index contributed by atoms with van der Waals surface area (Å²) in [6.45, 7) is 0.479. The van der Waals surface area contributed by atoms with Crippen molar-refractivity contribution in [1.82, 2.24) is 20.0 Å². The van der Waals surface area contributed by atoms with E-state index in [0.29, 0.717) is 35.5 Å². The zero-order valence-electron chi connectivity index (χ0n) is 13.3. The highest BCUT2D eigenvalue weighted by atomic mass is 19.2. The van der Waals surface area contributed by atoms with Gasteiger partial charge in [0.15, 0.2) is 11.6 Å². The Morgan fingerprint density at radius 3 is 2.88 bits per heavy atom. The lowest BCUT2D eigenvalue weighted by Gasteiger charge is -2.26. The molecule has 26 heavy (non-hydrogen) atoms. The van der Waals surface area contributed by atoms with Gasteiger partial charge >= 0.3 is 0 Å². The van der Waals surface area contributed by atoms with Crippen LogP contribution < -0.4 is 5.56 Å². The number of halogens is 2. The predicted molar refractivity (Wildman–Crippen MR) is 85.2 cm³/mol. The van der Waals surface area contributed by atoms with E-state index in [1.807, 2.05) is 0 Å². The molecule has 9 heteroatoms. The number of carbonyl (C=O) groups is 1. The first kappa shape index (κ1) is 16.1. The Kier molecular flexibility index (Phi) is 3.83. The highest BCUT2D eigenvalue weighted by Gasteiger charge is 2.29. The minimum atomic E-state index is -0.995. The van der Waals surface area contributed by atoms with Gasteiger partial charge in [0, 0.05) is 30.3 Å². The molecule has 132 valence electrons. The first-order valence-electron chi connectivity index (χ1n) is 7.79. The predicted octanol–water partition coefficient (Wildman–Crippen LogP) is 1.90. The van der Waals surface area contributed by atoms with Gasteiger partial charge in [0.25, 0.3) is 11.5 Å². The highest BCUT2D eigenvalue weighted by molar-refractivity contribution is 5.93. The summed E-state index contributed by atoms with van der Waals surface area (Å²) < 4.78 is 32.0. The molecule has 3 aromatic rings. The van der Waals surface area contributed by atoms with Crippen LogP contribution in [-0.4, -0.2) is 32.5 Å². The second kappa shape index (κ2) is 6.17. The summed E-state index contributed by atoms with van der Waals surface area (Å²) >= 11 is 0. The maximum absolute atomic E-state index is 13.5. The van der Waals surface area contributed by atoms with Gasteiger partial charge in [-0.1, -0.05) is 5.16 Å². The largest absolute Gasteiger partial charge is 0.360 e. The molecule has 1 amide bonds. The number of nitrogens with one attached hydrogen (secondary N) is 1. The number of H-pyrrole nitrogens is 1. The van der Waals surface area contributed by atoms with Gasteiger partial charge in [-0.05, 0) is 18.2 Å². The molecular weight excluding hydrogens is 346 g/mol. The van der Waals surface area contributed by atoms with Crippen molar-refractivity contribution in [3.05, 3.63) is 69.6 Å². The van der Waals surface area contributed by atoms with Crippen molar-refractivity contribution in [2.24, 2.45) is 0 Å². The average Bonchev–Trinajstić information content (AvgIpc) is 3.07. The molecule has 1 N–H and O–H groups in total. The van der Waals surface area contributed by atoms with Crippen molar-refractivity contribution in [3.8, 4) is 11.3 Å². The van der Waals surface area contributed by atoms with Gasteiger partial charge in [-0.3, -0.25) is 9.59 Å². The van der Waals surface area contributed by atoms with Crippen molar-refractivity contribution in [3.63, 3.8) is 0 Å². The second-order valence-electron chi connectivity index (χ2n) is 5.83. The molecule has 7 nitrogen and oxygen atoms in total. The Labute approximate surface area is 145 Å². The summed E-state index contributed by atoms with van der Waals surface area (Å²) in [5.74, 6) is -1.85. The minimum Gasteiger partial charge on any atom is -0.360 e. The Hall–Kier alpha value is -3.36. The number of nitrogens with zero attached hydrogens (tertiary/aromatic N) is 3. The third kappa shape index (κ3) is 2.67. The van der Waals surface area contributed by atoms with Gasteiger partial charge in [0.2, 0.25) is 0 Å². The quantitative estimate of drug-likeness (QED) is 0.755. The Bertz CT molecular complexity index is 1060. The maximum Gasteiger partial charge on any atom is 0.263 e. The number of hydrogen-bond donors (Lipinski definition) is 1. The fraction of sp³-hybridized carbons (Fsp3) is 0.176. The number of fused-ring (bicyclic) bond motifs is 1. The number of benzene rings is 1. The van der Waals surface area contributed by atoms with Crippen LogP contribution in [0, 0.1) is 11.6 Å². The molecule has 1 aromatic carbocycles. The molecule has 0 saturated heterocycles. The molecule has 4 rings (SSSR count). The summed E-state index contributed by atoms with van der Waals surface area (Å²) in [7, 11) is 0. The van der Waals surface area contributed by atoms with Gasteiger partial charge in [0.05, 0.1) is 12.9 Å². The van der Waals surface area contributed by atoms with Crippen molar-refractivity contribution in [1.29, 1.82) is 0 Å². The molecule has 0 saturated carbocycles. The standard InChI is InChI=1S/C17H12F2N4O3/c18-12-2-1-9(5-13(12)19)15-11-7-23(4-3-14(11)26-22-15)17(25)10-6-20-8-21-16(10)24/h1-2,5-6,8H,3-4,7H2,(H,20,21,24). The third-order valence-electron chi connectivity index (χ3n) is 4.26. The summed E-state index contributed by atoms with van der Waals surface area (Å²) in [6, 6.07) is 3.43. The maximum atomic E-state index is 13.5. The van der Waals surface area contributed by atoms with E-state index in [1.54, 1.807) is 0 Å². The Morgan fingerprint density at radius 2 is 2.12 bits per heavy atom. The lowest BCUT2D eigenvalue weighted by molar-refractivity contribution is 0.0726. The molecule has 0 radical (unpaired) electrons. The monoisotopic (exact) mass is 358 g/mol. The van der Waals surface area contributed by atoms with Crippen LogP contribution in [0.5, 0.6) is 0 Å². The van der Waals surface area contributed by atoms with Gasteiger partial charge in [-0.15, -0.1) is 0 Å². The number of rotatable bonds is 2. The van der Waals surface area contributed by atoms with E-state index in [4.69, 9.17) is 4.52 Å². The van der Waals surface area contributed by atoms with Gasteiger partial charge < -0.3 is 14.4 Å². The smallest absolute Gasteiger partial charge is 0.263 e. The zero-order valence-corrected chi connectivity index (χ0v) is 13.3. The second-order valence-corrected chi connectivity index (χ2v) is 5.83. The summed E-state index contributed by atoms with van der Waals surface area (Å²) in [5, 5.41) is 3.94. The number of aromatic nitrogens is 3. The van der Waals surface area contributed by atoms with E-state index in [2.05, 4.69) is 15.1 Å². The third-order valence-corrected chi connectivity index (χ3v) is 4.26. The fourth-order valence-electron chi connectivity index (χ4n) is 2.92. The van der Waals surface area contributed by atoms with E-state index < -0.39 is 23.1 Å². The molecule has 0 spiro atoms. The number of aromatic amines is 1. The van der Waals surface area contributed by atoms with Gasteiger partial charge in [-0.2, -0.15) is 0 Å². The number of hydrogen-bond acceptors (Lipinski definition) is 5. The molecule has 0 fully saturated rings. The van der Waals surface area contributed by atoms with E-state index in [0.717, 1.165) is 12.1 Å². The van der Waals surface area contributed by atoms with Crippen molar-refractivity contribution >= 4 is 5.91 Å².